The minimum Gasteiger partial charge on any atom is -0.374 e. The molecule has 1 nitrogen and oxygen atoms in total. The molecule has 1 unspecified atom stereocenters. The van der Waals surface area contributed by atoms with Gasteiger partial charge in [0, 0.05) is 11.1 Å². The van der Waals surface area contributed by atoms with Crippen LogP contribution in [0.1, 0.15) is 24.8 Å². The molecule has 0 aromatic heterocycles. The quantitative estimate of drug-likeness (QED) is 0.753. The third-order valence-electron chi connectivity index (χ3n) is 3.57. The topological polar surface area (TPSA) is 9.23 Å². The van der Waals surface area contributed by atoms with Gasteiger partial charge in [0.05, 0.1) is 14.0 Å². The standard InChI is InChI=1S/C13H19BrOSi/c1-16(2)13(9-3-4-10-15-13)11-5-7-12(14)8-6-11/h5-8,16H,3-4,9-10H2,1-2H3. The predicted molar refractivity (Wildman–Crippen MR) is 74.5 cm³/mol. The molecule has 1 heterocycles. The fourth-order valence-electron chi connectivity index (χ4n) is 2.56. The van der Waals surface area contributed by atoms with E-state index in [0.29, 0.717) is 0 Å². The minimum absolute atomic E-state index is 0.0823. The Morgan fingerprint density at radius 2 is 1.88 bits per heavy atom. The van der Waals surface area contributed by atoms with E-state index in [1.54, 1.807) is 0 Å². The maximum atomic E-state index is 6.20. The van der Waals surface area contributed by atoms with Gasteiger partial charge in [0.25, 0.3) is 0 Å². The van der Waals surface area contributed by atoms with Crippen LogP contribution in [0.2, 0.25) is 13.1 Å². The Kier molecular flexibility index (Phi) is 3.87. The third kappa shape index (κ3) is 2.26. The summed E-state index contributed by atoms with van der Waals surface area (Å²) in [5.74, 6) is 0. The molecule has 0 radical (unpaired) electrons. The first-order valence-corrected chi connectivity index (χ1v) is 9.73. The van der Waals surface area contributed by atoms with Gasteiger partial charge in [-0.15, -0.1) is 0 Å². The van der Waals surface area contributed by atoms with Crippen LogP contribution in [0.3, 0.4) is 0 Å². The van der Waals surface area contributed by atoms with E-state index in [-0.39, 0.29) is 5.22 Å². The maximum Gasteiger partial charge on any atom is 0.0787 e. The zero-order valence-corrected chi connectivity index (χ0v) is 12.7. The van der Waals surface area contributed by atoms with E-state index in [4.69, 9.17) is 4.74 Å². The summed E-state index contributed by atoms with van der Waals surface area (Å²) in [7, 11) is -0.868. The van der Waals surface area contributed by atoms with Gasteiger partial charge in [-0.2, -0.15) is 0 Å². The highest BCUT2D eigenvalue weighted by molar-refractivity contribution is 9.10. The monoisotopic (exact) mass is 298 g/mol. The van der Waals surface area contributed by atoms with Gasteiger partial charge in [0.15, 0.2) is 0 Å². The van der Waals surface area contributed by atoms with E-state index >= 15 is 0 Å². The molecule has 0 spiro atoms. The highest BCUT2D eigenvalue weighted by Crippen LogP contribution is 2.37. The van der Waals surface area contributed by atoms with Gasteiger partial charge in [0.2, 0.25) is 0 Å². The largest absolute Gasteiger partial charge is 0.374 e. The van der Waals surface area contributed by atoms with Crippen LogP contribution in [0.25, 0.3) is 0 Å². The van der Waals surface area contributed by atoms with Crippen molar-refractivity contribution in [3.05, 3.63) is 34.3 Å². The first-order valence-electron chi connectivity index (χ1n) is 6.05. The van der Waals surface area contributed by atoms with Gasteiger partial charge in [-0.05, 0) is 37.0 Å². The molecule has 0 saturated carbocycles. The van der Waals surface area contributed by atoms with E-state index in [0.717, 1.165) is 11.1 Å². The summed E-state index contributed by atoms with van der Waals surface area (Å²) in [4.78, 5) is 0. The van der Waals surface area contributed by atoms with Gasteiger partial charge >= 0.3 is 0 Å². The lowest BCUT2D eigenvalue weighted by atomic mass is 10.0. The normalized spacial score (nSPS) is 26.0. The Bertz CT molecular complexity index is 341. The van der Waals surface area contributed by atoms with Crippen LogP contribution in [0.4, 0.5) is 0 Å². The molecule has 1 aliphatic heterocycles. The van der Waals surface area contributed by atoms with Crippen molar-refractivity contribution in [2.75, 3.05) is 6.61 Å². The Labute approximate surface area is 108 Å². The number of rotatable bonds is 2. The summed E-state index contributed by atoms with van der Waals surface area (Å²) >= 11 is 3.49. The molecule has 1 fully saturated rings. The Balaban J connectivity index is 2.34. The van der Waals surface area contributed by atoms with Crippen LogP contribution >= 0.6 is 15.9 Å². The van der Waals surface area contributed by atoms with E-state index in [2.05, 4.69) is 53.3 Å². The average Bonchev–Trinajstić information content (AvgIpc) is 2.30. The second-order valence-electron chi connectivity index (χ2n) is 4.86. The minimum atomic E-state index is -0.868. The Hall–Kier alpha value is -0.123. The third-order valence-corrected chi connectivity index (χ3v) is 6.75. The average molecular weight is 299 g/mol. The van der Waals surface area contributed by atoms with Crippen LogP contribution in [0, 0.1) is 0 Å². The molecular formula is C13H19BrOSi. The lowest BCUT2D eigenvalue weighted by Crippen LogP contribution is -2.44. The van der Waals surface area contributed by atoms with Crippen molar-refractivity contribution in [2.24, 2.45) is 0 Å². The molecule has 0 amide bonds. The molecule has 1 aromatic rings. The maximum absolute atomic E-state index is 6.20. The first kappa shape index (κ1) is 12.3. The highest BCUT2D eigenvalue weighted by Gasteiger charge is 2.38. The summed E-state index contributed by atoms with van der Waals surface area (Å²) in [6.07, 6.45) is 3.74. The number of ether oxygens (including phenoxy) is 1. The number of hydrogen-bond donors (Lipinski definition) is 0. The van der Waals surface area contributed by atoms with Crippen LogP contribution in [0.5, 0.6) is 0 Å². The SMILES string of the molecule is C[SiH](C)C1(c2ccc(Br)cc2)CCCCO1. The lowest BCUT2D eigenvalue weighted by molar-refractivity contribution is -0.0264. The van der Waals surface area contributed by atoms with Crippen LogP contribution in [0.15, 0.2) is 28.7 Å². The molecule has 0 aliphatic carbocycles. The van der Waals surface area contributed by atoms with Crippen LogP contribution in [-0.4, -0.2) is 15.4 Å². The molecule has 3 heteroatoms. The van der Waals surface area contributed by atoms with Crippen molar-refractivity contribution in [1.29, 1.82) is 0 Å². The second-order valence-corrected chi connectivity index (χ2v) is 9.01. The van der Waals surface area contributed by atoms with Crippen LogP contribution < -0.4 is 0 Å². The van der Waals surface area contributed by atoms with Crippen LogP contribution in [-0.2, 0) is 9.96 Å². The molecule has 16 heavy (non-hydrogen) atoms. The highest BCUT2D eigenvalue weighted by atomic mass is 79.9. The molecular weight excluding hydrogens is 280 g/mol. The fourth-order valence-corrected chi connectivity index (χ4v) is 4.92. The summed E-state index contributed by atoms with van der Waals surface area (Å²) in [5.41, 5.74) is 1.39. The summed E-state index contributed by atoms with van der Waals surface area (Å²) < 4.78 is 7.35. The molecule has 1 aromatic carbocycles. The van der Waals surface area contributed by atoms with Crippen molar-refractivity contribution in [1.82, 2.24) is 0 Å². The summed E-state index contributed by atoms with van der Waals surface area (Å²) in [6.45, 7) is 5.72. The smallest absolute Gasteiger partial charge is 0.0787 e. The molecule has 1 aliphatic rings. The van der Waals surface area contributed by atoms with Crippen molar-refractivity contribution in [2.45, 2.75) is 37.6 Å². The molecule has 0 bridgehead atoms. The molecule has 88 valence electrons. The van der Waals surface area contributed by atoms with Gasteiger partial charge in [-0.25, -0.2) is 0 Å². The zero-order chi connectivity index (χ0) is 11.6. The van der Waals surface area contributed by atoms with Gasteiger partial charge in [-0.1, -0.05) is 41.2 Å². The second kappa shape index (κ2) is 5.03. The van der Waals surface area contributed by atoms with E-state index in [1.807, 2.05) is 0 Å². The Morgan fingerprint density at radius 1 is 1.19 bits per heavy atom. The van der Waals surface area contributed by atoms with E-state index in [9.17, 15) is 0 Å². The van der Waals surface area contributed by atoms with Crippen molar-refractivity contribution in [3.8, 4) is 0 Å². The van der Waals surface area contributed by atoms with Crippen molar-refractivity contribution in [3.63, 3.8) is 0 Å². The van der Waals surface area contributed by atoms with Gasteiger partial charge < -0.3 is 4.74 Å². The summed E-state index contributed by atoms with van der Waals surface area (Å²) in [5, 5.41) is 0.0823. The van der Waals surface area contributed by atoms with E-state index in [1.165, 1.54) is 24.8 Å². The number of hydrogen-bond acceptors (Lipinski definition) is 1. The zero-order valence-electron chi connectivity index (χ0n) is 10.0. The fraction of sp³-hybridized carbons (Fsp3) is 0.538. The van der Waals surface area contributed by atoms with Gasteiger partial charge in [-0.3, -0.25) is 0 Å². The molecule has 2 rings (SSSR count). The molecule has 0 N–H and O–H groups in total. The number of benzene rings is 1. The van der Waals surface area contributed by atoms with Gasteiger partial charge in [0.1, 0.15) is 0 Å². The predicted octanol–water partition coefficient (Wildman–Crippen LogP) is 3.87. The lowest BCUT2D eigenvalue weighted by Gasteiger charge is -2.41. The van der Waals surface area contributed by atoms with E-state index < -0.39 is 8.80 Å². The van der Waals surface area contributed by atoms with Crippen molar-refractivity contribution < 1.29 is 4.74 Å². The molecule has 1 atom stereocenters. The van der Waals surface area contributed by atoms with Crippen molar-refractivity contribution >= 4 is 24.7 Å². The Morgan fingerprint density at radius 3 is 2.38 bits per heavy atom. The first-order chi connectivity index (χ1) is 7.65. The molecule has 1 saturated heterocycles. The summed E-state index contributed by atoms with van der Waals surface area (Å²) in [6, 6.07) is 8.71. The number of halogens is 1.